The highest BCUT2D eigenvalue weighted by molar-refractivity contribution is 6.33. The fraction of sp³-hybridized carbons (Fsp3) is 0.208. The number of halogens is 1. The van der Waals surface area contributed by atoms with Crippen LogP contribution in [0.4, 0.5) is 11.4 Å². The Morgan fingerprint density at radius 2 is 1.94 bits per heavy atom. The normalized spacial score (nSPS) is 14.1. The maximum absolute atomic E-state index is 12.7. The number of anilines is 1. The molecule has 0 aliphatic carbocycles. The molecule has 0 saturated heterocycles. The van der Waals surface area contributed by atoms with E-state index in [1.807, 2.05) is 0 Å². The molecule has 0 saturated carbocycles. The molecule has 0 unspecified atom stereocenters. The number of rotatable bonds is 6. The van der Waals surface area contributed by atoms with E-state index in [1.165, 1.54) is 30.3 Å². The van der Waals surface area contributed by atoms with E-state index < -0.39 is 17.5 Å². The fourth-order valence-electron chi connectivity index (χ4n) is 4.34. The number of ether oxygens (including phenoxy) is 1. The summed E-state index contributed by atoms with van der Waals surface area (Å²) in [7, 11) is 0. The number of Topliss-reactive ketones (excluding diaryl/α,β-unsaturated/α-hetero) is 1. The average molecular weight is 481 g/mol. The van der Waals surface area contributed by atoms with Crippen molar-refractivity contribution in [2.45, 2.75) is 19.3 Å². The first kappa shape index (κ1) is 21.8. The van der Waals surface area contributed by atoms with Crippen LogP contribution in [0.2, 0.25) is 5.02 Å². The highest BCUT2D eigenvalue weighted by Crippen LogP contribution is 2.38. The van der Waals surface area contributed by atoms with E-state index in [1.54, 1.807) is 17.0 Å². The molecule has 0 bridgehead atoms. The van der Waals surface area contributed by atoms with Crippen LogP contribution < -0.4 is 4.90 Å². The van der Waals surface area contributed by atoms with E-state index in [2.05, 4.69) is 0 Å². The number of nitrogens with zero attached hydrogens (tertiary/aromatic N) is 2. The van der Waals surface area contributed by atoms with Gasteiger partial charge in [0.2, 0.25) is 11.7 Å². The van der Waals surface area contributed by atoms with Crippen LogP contribution >= 0.6 is 11.6 Å². The lowest BCUT2D eigenvalue weighted by molar-refractivity contribution is -0.384. The number of hydrogen-bond donors (Lipinski definition) is 0. The van der Waals surface area contributed by atoms with Crippen LogP contribution in [-0.2, 0) is 22.4 Å². The van der Waals surface area contributed by atoms with E-state index in [9.17, 15) is 24.5 Å². The van der Waals surface area contributed by atoms with Crippen molar-refractivity contribution in [1.82, 2.24) is 0 Å². The lowest BCUT2D eigenvalue weighted by Gasteiger charge is -2.25. The Morgan fingerprint density at radius 3 is 2.71 bits per heavy atom. The Morgan fingerprint density at radius 1 is 1.15 bits per heavy atom. The molecule has 3 aromatic rings. The van der Waals surface area contributed by atoms with Crippen LogP contribution in [0.15, 0.2) is 46.9 Å². The summed E-state index contributed by atoms with van der Waals surface area (Å²) in [6.45, 7) is 0.211. The molecule has 2 aromatic carbocycles. The highest BCUT2D eigenvalue weighted by atomic mass is 35.5. The summed E-state index contributed by atoms with van der Waals surface area (Å²) in [4.78, 5) is 49.4. The highest BCUT2D eigenvalue weighted by Gasteiger charge is 2.33. The summed E-state index contributed by atoms with van der Waals surface area (Å²) in [5.74, 6) is -1.09. The van der Waals surface area contributed by atoms with Crippen LogP contribution in [0, 0.1) is 10.1 Å². The second-order valence-electron chi connectivity index (χ2n) is 8.05. The van der Waals surface area contributed by atoms with E-state index in [-0.39, 0.29) is 40.3 Å². The number of nitro groups is 1. The van der Waals surface area contributed by atoms with E-state index >= 15 is 0 Å². The summed E-state index contributed by atoms with van der Waals surface area (Å²) in [5.41, 5.74) is 3.30. The van der Waals surface area contributed by atoms with Crippen molar-refractivity contribution in [3.05, 3.63) is 80.1 Å². The summed E-state index contributed by atoms with van der Waals surface area (Å²) < 4.78 is 10.6. The van der Waals surface area contributed by atoms with Crippen molar-refractivity contribution in [2.24, 2.45) is 0 Å². The van der Waals surface area contributed by atoms with E-state index in [0.717, 1.165) is 29.7 Å². The summed E-state index contributed by atoms with van der Waals surface area (Å²) >= 11 is 6.11. The number of nitro benzene ring substituents is 1. The van der Waals surface area contributed by atoms with Gasteiger partial charge in [0.15, 0.2) is 12.4 Å². The van der Waals surface area contributed by atoms with Gasteiger partial charge in [-0.1, -0.05) is 11.6 Å². The number of carbonyl (C=O) groups is 3. The SMILES string of the molecule is O=C(COC(=O)c1ccc(-c2ccc([N+](=O)[O-])cc2Cl)o1)c1cc2c3c(c1)CC(=O)N3CCC2. The average Bonchev–Trinajstić information content (AvgIpc) is 3.43. The zero-order chi connectivity index (χ0) is 24.0. The minimum absolute atomic E-state index is 0.0359. The number of ketones is 1. The maximum atomic E-state index is 12.7. The van der Waals surface area contributed by atoms with Gasteiger partial charge in [-0.25, -0.2) is 4.79 Å². The third-order valence-electron chi connectivity index (χ3n) is 5.90. The molecule has 0 spiro atoms. The van der Waals surface area contributed by atoms with Crippen molar-refractivity contribution in [2.75, 3.05) is 18.1 Å². The number of esters is 1. The lowest BCUT2D eigenvalue weighted by atomic mass is 9.95. The predicted octanol–water partition coefficient (Wildman–Crippen LogP) is 4.38. The Labute approximate surface area is 198 Å². The number of carbonyl (C=O) groups excluding carboxylic acids is 3. The topological polar surface area (TPSA) is 120 Å². The smallest absolute Gasteiger partial charge is 0.374 e. The Kier molecular flexibility index (Phi) is 5.41. The molecule has 0 radical (unpaired) electrons. The molecule has 0 atom stereocenters. The second-order valence-corrected chi connectivity index (χ2v) is 8.46. The van der Waals surface area contributed by atoms with Crippen molar-refractivity contribution in [1.29, 1.82) is 0 Å². The number of non-ortho nitro benzene ring substituents is 1. The van der Waals surface area contributed by atoms with Crippen LogP contribution in [0.25, 0.3) is 11.3 Å². The third kappa shape index (κ3) is 3.84. The molecule has 9 nitrogen and oxygen atoms in total. The summed E-state index contributed by atoms with van der Waals surface area (Å²) in [6, 6.07) is 10.2. The number of aryl methyl sites for hydroxylation is 1. The van der Waals surface area contributed by atoms with Crippen molar-refractivity contribution >= 4 is 40.6 Å². The number of furan rings is 1. The molecule has 10 heteroatoms. The molecule has 1 aromatic heterocycles. The minimum atomic E-state index is -0.832. The van der Waals surface area contributed by atoms with Gasteiger partial charge in [0, 0.05) is 29.8 Å². The van der Waals surface area contributed by atoms with Crippen LogP contribution in [-0.4, -0.2) is 35.7 Å². The van der Waals surface area contributed by atoms with Gasteiger partial charge >= 0.3 is 5.97 Å². The van der Waals surface area contributed by atoms with Gasteiger partial charge in [0.25, 0.3) is 5.69 Å². The molecular formula is C24H17ClN2O7. The van der Waals surface area contributed by atoms with Crippen molar-refractivity contribution in [3.8, 4) is 11.3 Å². The summed E-state index contributed by atoms with van der Waals surface area (Å²) in [5, 5.41) is 11.0. The molecular weight excluding hydrogens is 464 g/mol. The maximum Gasteiger partial charge on any atom is 0.374 e. The van der Waals surface area contributed by atoms with Gasteiger partial charge in [-0.15, -0.1) is 0 Å². The van der Waals surface area contributed by atoms with Crippen LogP contribution in [0.3, 0.4) is 0 Å². The first-order chi connectivity index (χ1) is 16.3. The minimum Gasteiger partial charge on any atom is -0.451 e. The molecule has 1 amide bonds. The van der Waals surface area contributed by atoms with Crippen LogP contribution in [0.1, 0.15) is 38.5 Å². The molecule has 34 heavy (non-hydrogen) atoms. The van der Waals surface area contributed by atoms with Gasteiger partial charge in [-0.3, -0.25) is 19.7 Å². The number of amides is 1. The lowest BCUT2D eigenvalue weighted by Crippen LogP contribution is -2.31. The second kappa shape index (κ2) is 8.42. The van der Waals surface area contributed by atoms with Gasteiger partial charge in [-0.2, -0.15) is 0 Å². The van der Waals surface area contributed by atoms with E-state index in [0.29, 0.717) is 17.7 Å². The summed E-state index contributed by atoms with van der Waals surface area (Å²) in [6.07, 6.45) is 1.89. The Hall–Kier alpha value is -3.98. The molecule has 0 N–H and O–H groups in total. The predicted molar refractivity (Wildman–Crippen MR) is 121 cm³/mol. The zero-order valence-electron chi connectivity index (χ0n) is 17.7. The zero-order valence-corrected chi connectivity index (χ0v) is 18.5. The monoisotopic (exact) mass is 480 g/mol. The Bertz CT molecular complexity index is 1380. The van der Waals surface area contributed by atoms with E-state index in [4.69, 9.17) is 20.8 Å². The first-order valence-corrected chi connectivity index (χ1v) is 10.9. The quantitative estimate of drug-likeness (QED) is 0.222. The number of benzene rings is 2. The first-order valence-electron chi connectivity index (χ1n) is 10.5. The van der Waals surface area contributed by atoms with Crippen molar-refractivity contribution < 1.29 is 28.5 Å². The molecule has 5 rings (SSSR count). The molecule has 0 fully saturated rings. The molecule has 2 aliphatic heterocycles. The van der Waals surface area contributed by atoms with Gasteiger partial charge in [-0.05, 0) is 54.3 Å². The number of hydrogen-bond acceptors (Lipinski definition) is 7. The van der Waals surface area contributed by atoms with Gasteiger partial charge in [0.05, 0.1) is 22.1 Å². The van der Waals surface area contributed by atoms with Crippen molar-refractivity contribution in [3.63, 3.8) is 0 Å². The van der Waals surface area contributed by atoms with Gasteiger partial charge < -0.3 is 14.1 Å². The molecule has 172 valence electrons. The fourth-order valence-corrected chi connectivity index (χ4v) is 4.60. The largest absolute Gasteiger partial charge is 0.451 e. The van der Waals surface area contributed by atoms with Crippen LogP contribution in [0.5, 0.6) is 0 Å². The Balaban J connectivity index is 1.27. The molecule has 2 aliphatic rings. The van der Waals surface area contributed by atoms with Gasteiger partial charge in [0.1, 0.15) is 5.76 Å². The molecule has 3 heterocycles. The third-order valence-corrected chi connectivity index (χ3v) is 6.21. The standard InChI is InChI=1S/C24H17ClN2O7/c25-18-11-16(27(31)32)3-4-17(18)20-5-6-21(34-20)24(30)33-12-19(28)14-8-13-2-1-7-26-22(29)10-15(9-14)23(13)26/h3-6,8-9,11H,1-2,7,10,12H2.